The lowest BCUT2D eigenvalue weighted by atomic mass is 10.3. The molecular formula is C10H11NO2. The molecule has 0 aliphatic carbocycles. The first-order valence-electron chi connectivity index (χ1n) is 4.21. The molecule has 13 heavy (non-hydrogen) atoms. The van der Waals surface area contributed by atoms with Crippen molar-refractivity contribution < 1.29 is 9.53 Å². The minimum Gasteiger partial charge on any atom is -0.497 e. The average molecular weight is 177 g/mol. The van der Waals surface area contributed by atoms with Crippen molar-refractivity contribution in [2.45, 2.75) is 6.04 Å². The molecule has 0 unspecified atom stereocenters. The van der Waals surface area contributed by atoms with Gasteiger partial charge in [-0.05, 0) is 24.3 Å². The van der Waals surface area contributed by atoms with E-state index in [1.165, 1.54) is 0 Å². The zero-order chi connectivity index (χ0) is 9.26. The summed E-state index contributed by atoms with van der Waals surface area (Å²) in [5.41, 5.74) is 1.08. The highest BCUT2D eigenvalue weighted by atomic mass is 16.5. The van der Waals surface area contributed by atoms with Crippen LogP contribution >= 0.6 is 0 Å². The molecule has 0 spiro atoms. The molecule has 0 radical (unpaired) electrons. The van der Waals surface area contributed by atoms with E-state index < -0.39 is 0 Å². The predicted molar refractivity (Wildman–Crippen MR) is 50.2 cm³/mol. The van der Waals surface area contributed by atoms with Gasteiger partial charge in [0.2, 0.25) is 0 Å². The van der Waals surface area contributed by atoms with E-state index in [1.807, 2.05) is 29.2 Å². The Hall–Kier alpha value is -1.51. The maximum atomic E-state index is 10.4. The summed E-state index contributed by atoms with van der Waals surface area (Å²) in [4.78, 5) is 12.4. The largest absolute Gasteiger partial charge is 0.497 e. The molecule has 0 aromatic heterocycles. The van der Waals surface area contributed by atoms with Crippen LogP contribution in [0.3, 0.4) is 0 Å². The second kappa shape index (κ2) is 3.09. The minimum absolute atomic E-state index is 0.0911. The van der Waals surface area contributed by atoms with Gasteiger partial charge in [-0.15, -0.1) is 0 Å². The second-order valence-electron chi connectivity index (χ2n) is 3.05. The van der Waals surface area contributed by atoms with Gasteiger partial charge in [0.25, 0.3) is 0 Å². The number of carbonyl (C=O) groups excluding carboxylic acids is 1. The lowest BCUT2D eigenvalue weighted by Crippen LogP contribution is -1.99. The van der Waals surface area contributed by atoms with Gasteiger partial charge < -0.3 is 14.4 Å². The number of nitrogens with zero attached hydrogens (tertiary/aromatic N) is 1. The van der Waals surface area contributed by atoms with E-state index >= 15 is 0 Å². The Morgan fingerprint density at radius 2 is 2.15 bits per heavy atom. The van der Waals surface area contributed by atoms with Crippen molar-refractivity contribution in [2.24, 2.45) is 0 Å². The summed E-state index contributed by atoms with van der Waals surface area (Å²) >= 11 is 0. The normalized spacial score (nSPS) is 19.8. The van der Waals surface area contributed by atoms with Crippen molar-refractivity contribution in [1.82, 2.24) is 0 Å². The van der Waals surface area contributed by atoms with Gasteiger partial charge in [-0.25, -0.2) is 0 Å². The molecule has 1 saturated heterocycles. The number of hydrogen-bond acceptors (Lipinski definition) is 3. The third-order valence-electron chi connectivity index (χ3n) is 2.21. The molecule has 0 N–H and O–H groups in total. The first-order chi connectivity index (χ1) is 6.35. The summed E-state index contributed by atoms with van der Waals surface area (Å²) < 4.78 is 5.03. The van der Waals surface area contributed by atoms with E-state index in [0.29, 0.717) is 0 Å². The fraction of sp³-hybridized carbons (Fsp3) is 0.300. The molecule has 2 rings (SSSR count). The zero-order valence-corrected chi connectivity index (χ0v) is 7.43. The summed E-state index contributed by atoms with van der Waals surface area (Å²) in [7, 11) is 1.64. The van der Waals surface area contributed by atoms with Gasteiger partial charge in [-0.3, -0.25) is 0 Å². The van der Waals surface area contributed by atoms with Crippen molar-refractivity contribution in [2.75, 3.05) is 18.6 Å². The van der Waals surface area contributed by atoms with E-state index in [4.69, 9.17) is 4.74 Å². The first-order valence-corrected chi connectivity index (χ1v) is 4.21. The first kappa shape index (κ1) is 8.10. The van der Waals surface area contributed by atoms with Gasteiger partial charge in [-0.1, -0.05) is 0 Å². The number of benzene rings is 1. The molecule has 3 heteroatoms. The molecule has 1 aromatic carbocycles. The Balaban J connectivity index is 2.11. The van der Waals surface area contributed by atoms with Gasteiger partial charge in [0.05, 0.1) is 7.11 Å². The monoisotopic (exact) mass is 177 g/mol. The standard InChI is InChI=1S/C10H11NO2/c1-13-10-4-2-8(3-5-10)11-6-9(11)7-12/h2-5,7,9H,6H2,1H3/t9-,11?/m1/s1. The maximum Gasteiger partial charge on any atom is 0.144 e. The van der Waals surface area contributed by atoms with Crippen LogP contribution in [0.25, 0.3) is 0 Å². The third kappa shape index (κ3) is 1.49. The number of methoxy groups -OCH3 is 1. The summed E-state index contributed by atoms with van der Waals surface area (Å²) in [6.45, 7) is 0.843. The van der Waals surface area contributed by atoms with Crippen LogP contribution in [0.15, 0.2) is 24.3 Å². The van der Waals surface area contributed by atoms with Crippen molar-refractivity contribution in [3.8, 4) is 5.75 Å². The number of aldehydes is 1. The topological polar surface area (TPSA) is 29.3 Å². The average Bonchev–Trinajstić information content (AvgIpc) is 2.97. The van der Waals surface area contributed by atoms with Crippen LogP contribution in [0.1, 0.15) is 0 Å². The fourth-order valence-electron chi connectivity index (χ4n) is 1.34. The predicted octanol–water partition coefficient (Wildman–Crippen LogP) is 1.08. The summed E-state index contributed by atoms with van der Waals surface area (Å²) in [6, 6.07) is 7.81. The third-order valence-corrected chi connectivity index (χ3v) is 2.21. The number of anilines is 1. The van der Waals surface area contributed by atoms with Crippen LogP contribution in [0.5, 0.6) is 5.75 Å². The van der Waals surface area contributed by atoms with Gasteiger partial charge in [0.1, 0.15) is 18.1 Å². The molecule has 3 nitrogen and oxygen atoms in total. The van der Waals surface area contributed by atoms with Gasteiger partial charge in [0.15, 0.2) is 0 Å². The molecule has 0 saturated carbocycles. The van der Waals surface area contributed by atoms with Crippen molar-refractivity contribution in [1.29, 1.82) is 0 Å². The molecule has 1 aliphatic rings. The molecule has 1 heterocycles. The van der Waals surface area contributed by atoms with Gasteiger partial charge >= 0.3 is 0 Å². The second-order valence-corrected chi connectivity index (χ2v) is 3.05. The highest BCUT2D eigenvalue weighted by Crippen LogP contribution is 2.27. The Morgan fingerprint density at radius 1 is 1.46 bits per heavy atom. The van der Waals surface area contributed by atoms with E-state index in [1.54, 1.807) is 7.11 Å². The highest BCUT2D eigenvalue weighted by Gasteiger charge is 2.33. The molecule has 1 aliphatic heterocycles. The van der Waals surface area contributed by atoms with Crippen LogP contribution < -0.4 is 9.64 Å². The Bertz CT molecular complexity index is 307. The van der Waals surface area contributed by atoms with E-state index in [9.17, 15) is 4.79 Å². The van der Waals surface area contributed by atoms with Crippen molar-refractivity contribution in [3.63, 3.8) is 0 Å². The van der Waals surface area contributed by atoms with E-state index in [0.717, 1.165) is 24.3 Å². The molecule has 1 fully saturated rings. The molecule has 1 atom stereocenters. The van der Waals surface area contributed by atoms with Gasteiger partial charge in [-0.2, -0.15) is 0 Å². The van der Waals surface area contributed by atoms with Crippen LogP contribution in [0, 0.1) is 0 Å². The van der Waals surface area contributed by atoms with Crippen LogP contribution in [0.4, 0.5) is 5.69 Å². The Labute approximate surface area is 76.9 Å². The van der Waals surface area contributed by atoms with E-state index in [2.05, 4.69) is 0 Å². The Kier molecular flexibility index (Phi) is 1.93. The smallest absolute Gasteiger partial charge is 0.144 e. The molecule has 1 aromatic rings. The molecule has 68 valence electrons. The molecular weight excluding hydrogens is 166 g/mol. The molecule has 0 bridgehead atoms. The quantitative estimate of drug-likeness (QED) is 0.511. The summed E-state index contributed by atoms with van der Waals surface area (Å²) in [5, 5.41) is 0. The lowest BCUT2D eigenvalue weighted by molar-refractivity contribution is -0.107. The van der Waals surface area contributed by atoms with Crippen LogP contribution in [-0.2, 0) is 4.79 Å². The number of carbonyl (C=O) groups is 1. The lowest BCUT2D eigenvalue weighted by Gasteiger charge is -2.04. The number of ether oxygens (including phenoxy) is 1. The Morgan fingerprint density at radius 3 is 2.62 bits per heavy atom. The van der Waals surface area contributed by atoms with E-state index in [-0.39, 0.29) is 6.04 Å². The highest BCUT2D eigenvalue weighted by molar-refractivity contribution is 5.74. The van der Waals surface area contributed by atoms with Crippen molar-refractivity contribution in [3.05, 3.63) is 24.3 Å². The van der Waals surface area contributed by atoms with Gasteiger partial charge in [0, 0.05) is 12.2 Å². The van der Waals surface area contributed by atoms with Crippen LogP contribution in [0.2, 0.25) is 0 Å². The fourth-order valence-corrected chi connectivity index (χ4v) is 1.34. The summed E-state index contributed by atoms with van der Waals surface area (Å²) in [6.07, 6.45) is 0.976. The SMILES string of the molecule is COc1ccc(N2C[C@@H]2C=O)cc1. The summed E-state index contributed by atoms with van der Waals surface area (Å²) in [5.74, 6) is 0.841. The molecule has 0 amide bonds. The minimum atomic E-state index is 0.0911. The maximum absolute atomic E-state index is 10.4. The number of rotatable bonds is 3. The zero-order valence-electron chi connectivity index (χ0n) is 7.43. The van der Waals surface area contributed by atoms with Crippen molar-refractivity contribution >= 4 is 12.0 Å². The number of hydrogen-bond donors (Lipinski definition) is 0. The van der Waals surface area contributed by atoms with Crippen LogP contribution in [-0.4, -0.2) is 26.0 Å².